The van der Waals surface area contributed by atoms with E-state index in [-0.39, 0.29) is 0 Å². The van der Waals surface area contributed by atoms with Gasteiger partial charge in [0.1, 0.15) is 0 Å². The Morgan fingerprint density at radius 3 is 2.48 bits per heavy atom. The van der Waals surface area contributed by atoms with Gasteiger partial charge in [-0.1, -0.05) is 31.7 Å². The standard InChI is InChI=1S/C23H35N3O/c27-23-19(16-24-11-5-2-6-12-24)9-10-22-20-13-18(15-26(22)23)14-25(17-20)21-7-3-1-4-8-21/h9-10,18,20-21H,1-8,11-17H2/t18-,20+/m0/s1. The molecule has 2 atom stereocenters. The molecule has 148 valence electrons. The van der Waals surface area contributed by atoms with Crippen LogP contribution in [-0.2, 0) is 13.1 Å². The van der Waals surface area contributed by atoms with Crippen LogP contribution in [0.25, 0.3) is 0 Å². The van der Waals surface area contributed by atoms with Crippen molar-refractivity contribution in [3.8, 4) is 0 Å². The number of pyridine rings is 1. The van der Waals surface area contributed by atoms with Crippen molar-refractivity contribution in [1.82, 2.24) is 14.4 Å². The zero-order chi connectivity index (χ0) is 18.2. The maximum atomic E-state index is 13.2. The lowest BCUT2D eigenvalue weighted by molar-refractivity contribution is 0.0646. The normalized spacial score (nSPS) is 30.2. The van der Waals surface area contributed by atoms with E-state index < -0.39 is 0 Å². The van der Waals surface area contributed by atoms with Crippen LogP contribution in [0.1, 0.15) is 75.0 Å². The summed E-state index contributed by atoms with van der Waals surface area (Å²) in [7, 11) is 0. The van der Waals surface area contributed by atoms with Crippen LogP contribution in [0.4, 0.5) is 0 Å². The lowest BCUT2D eigenvalue weighted by atomic mass is 9.81. The maximum Gasteiger partial charge on any atom is 0.255 e. The number of hydrogen-bond acceptors (Lipinski definition) is 3. The molecule has 3 fully saturated rings. The molecule has 0 N–H and O–H groups in total. The fraction of sp³-hybridized carbons (Fsp3) is 0.783. The topological polar surface area (TPSA) is 28.5 Å². The lowest BCUT2D eigenvalue weighted by Crippen LogP contribution is -2.51. The predicted molar refractivity (Wildman–Crippen MR) is 109 cm³/mol. The van der Waals surface area contributed by atoms with Crippen LogP contribution >= 0.6 is 0 Å². The fourth-order valence-electron chi connectivity index (χ4n) is 6.25. The number of hydrogen-bond donors (Lipinski definition) is 0. The van der Waals surface area contributed by atoms with Crippen LogP contribution in [0.5, 0.6) is 0 Å². The van der Waals surface area contributed by atoms with Crippen LogP contribution in [0, 0.1) is 5.92 Å². The zero-order valence-corrected chi connectivity index (χ0v) is 16.7. The van der Waals surface area contributed by atoms with Crippen molar-refractivity contribution in [3.05, 3.63) is 33.7 Å². The highest BCUT2D eigenvalue weighted by atomic mass is 16.1. The third-order valence-electron chi connectivity index (χ3n) is 7.65. The Balaban J connectivity index is 1.35. The molecule has 5 rings (SSSR count). The van der Waals surface area contributed by atoms with Crippen LogP contribution < -0.4 is 5.56 Å². The minimum Gasteiger partial charge on any atom is -0.312 e. The fourth-order valence-corrected chi connectivity index (χ4v) is 6.25. The van der Waals surface area contributed by atoms with Gasteiger partial charge in [-0.3, -0.25) is 14.6 Å². The van der Waals surface area contributed by atoms with Crippen molar-refractivity contribution >= 4 is 0 Å². The molecule has 4 nitrogen and oxygen atoms in total. The molecule has 4 aliphatic rings. The molecule has 0 radical (unpaired) electrons. The van der Waals surface area contributed by atoms with E-state index in [0.717, 1.165) is 37.8 Å². The summed E-state index contributed by atoms with van der Waals surface area (Å²) in [6, 6.07) is 5.26. The van der Waals surface area contributed by atoms with Gasteiger partial charge in [0.2, 0.25) is 0 Å². The summed E-state index contributed by atoms with van der Waals surface area (Å²) in [5, 5.41) is 0. The van der Waals surface area contributed by atoms with E-state index in [2.05, 4.69) is 26.5 Å². The second-order valence-electron chi connectivity index (χ2n) is 9.58. The van der Waals surface area contributed by atoms with Gasteiger partial charge in [0.15, 0.2) is 0 Å². The van der Waals surface area contributed by atoms with Crippen LogP contribution in [-0.4, -0.2) is 46.6 Å². The molecule has 1 aliphatic carbocycles. The summed E-state index contributed by atoms with van der Waals surface area (Å²) in [5.74, 6) is 1.23. The number of fused-ring (bicyclic) bond motifs is 4. The Morgan fingerprint density at radius 2 is 1.67 bits per heavy atom. The summed E-state index contributed by atoms with van der Waals surface area (Å²) in [4.78, 5) is 18.5. The van der Waals surface area contributed by atoms with Crippen LogP contribution in [0.2, 0.25) is 0 Å². The van der Waals surface area contributed by atoms with E-state index in [1.165, 1.54) is 76.6 Å². The quantitative estimate of drug-likeness (QED) is 0.815. The average molecular weight is 370 g/mol. The van der Waals surface area contributed by atoms with Gasteiger partial charge < -0.3 is 4.57 Å². The maximum absolute atomic E-state index is 13.2. The molecule has 4 heteroatoms. The molecule has 4 heterocycles. The summed E-state index contributed by atoms with van der Waals surface area (Å²) in [6.07, 6.45) is 12.2. The monoisotopic (exact) mass is 369 g/mol. The molecular formula is C23H35N3O. The van der Waals surface area contributed by atoms with Crippen molar-refractivity contribution in [3.63, 3.8) is 0 Å². The Morgan fingerprint density at radius 1 is 0.889 bits per heavy atom. The third kappa shape index (κ3) is 3.63. The highest BCUT2D eigenvalue weighted by molar-refractivity contribution is 5.22. The smallest absolute Gasteiger partial charge is 0.255 e. The first-order valence-electron chi connectivity index (χ1n) is 11.5. The molecule has 0 amide bonds. The molecule has 0 unspecified atom stereocenters. The molecule has 1 aromatic heterocycles. The minimum absolute atomic E-state index is 0.305. The van der Waals surface area contributed by atoms with E-state index in [1.807, 2.05) is 0 Å². The van der Waals surface area contributed by atoms with Crippen molar-refractivity contribution < 1.29 is 0 Å². The summed E-state index contributed by atoms with van der Waals surface area (Å²) in [6.45, 7) is 6.49. The Hall–Kier alpha value is -1.13. The molecular weight excluding hydrogens is 334 g/mol. The van der Waals surface area contributed by atoms with Gasteiger partial charge in [-0.2, -0.15) is 0 Å². The first-order valence-corrected chi connectivity index (χ1v) is 11.5. The first kappa shape index (κ1) is 17.9. The van der Waals surface area contributed by atoms with E-state index in [0.29, 0.717) is 17.4 Å². The van der Waals surface area contributed by atoms with Crippen molar-refractivity contribution in [1.29, 1.82) is 0 Å². The van der Waals surface area contributed by atoms with Gasteiger partial charge in [0.25, 0.3) is 5.56 Å². The first-order chi connectivity index (χ1) is 13.3. The van der Waals surface area contributed by atoms with Crippen LogP contribution in [0.3, 0.4) is 0 Å². The Labute approximate surface area is 163 Å². The zero-order valence-electron chi connectivity index (χ0n) is 16.7. The molecule has 2 saturated heterocycles. The van der Waals surface area contributed by atoms with E-state index >= 15 is 0 Å². The van der Waals surface area contributed by atoms with Gasteiger partial charge in [-0.05, 0) is 57.2 Å². The third-order valence-corrected chi connectivity index (χ3v) is 7.65. The van der Waals surface area contributed by atoms with E-state index in [4.69, 9.17) is 0 Å². The van der Waals surface area contributed by atoms with Crippen molar-refractivity contribution in [2.75, 3.05) is 26.2 Å². The molecule has 0 spiro atoms. The largest absolute Gasteiger partial charge is 0.312 e. The highest BCUT2D eigenvalue weighted by Gasteiger charge is 2.37. The van der Waals surface area contributed by atoms with E-state index in [1.54, 1.807) is 0 Å². The predicted octanol–water partition coefficient (Wildman–Crippen LogP) is 3.59. The second-order valence-corrected chi connectivity index (χ2v) is 9.58. The molecule has 3 aliphatic heterocycles. The number of likely N-dealkylation sites (tertiary alicyclic amines) is 2. The molecule has 27 heavy (non-hydrogen) atoms. The highest BCUT2D eigenvalue weighted by Crippen LogP contribution is 2.37. The summed E-state index contributed by atoms with van der Waals surface area (Å²) in [5.41, 5.74) is 2.64. The Bertz CT molecular complexity index is 715. The average Bonchev–Trinajstić information content (AvgIpc) is 2.72. The van der Waals surface area contributed by atoms with Crippen molar-refractivity contribution in [2.45, 2.75) is 82.8 Å². The number of nitrogens with zero attached hydrogens (tertiary/aromatic N) is 3. The SMILES string of the molecule is O=c1c(CN2CCCCC2)ccc2n1C[C@H]1C[C@@H]2CN(C2CCCCC2)C1. The van der Waals surface area contributed by atoms with Gasteiger partial charge in [0.05, 0.1) is 0 Å². The minimum atomic E-state index is 0.305. The molecule has 1 saturated carbocycles. The lowest BCUT2D eigenvalue weighted by Gasteiger charge is -2.46. The molecule has 0 aromatic carbocycles. The second kappa shape index (κ2) is 7.71. The molecule has 1 aromatic rings. The van der Waals surface area contributed by atoms with Gasteiger partial charge >= 0.3 is 0 Å². The van der Waals surface area contributed by atoms with Gasteiger partial charge in [-0.25, -0.2) is 0 Å². The van der Waals surface area contributed by atoms with Crippen molar-refractivity contribution in [2.24, 2.45) is 5.92 Å². The number of aromatic nitrogens is 1. The van der Waals surface area contributed by atoms with Gasteiger partial charge in [-0.15, -0.1) is 0 Å². The Kier molecular flexibility index (Phi) is 5.12. The number of rotatable bonds is 3. The molecule has 2 bridgehead atoms. The summed E-state index contributed by atoms with van der Waals surface area (Å²) >= 11 is 0. The van der Waals surface area contributed by atoms with Crippen LogP contribution in [0.15, 0.2) is 16.9 Å². The van der Waals surface area contributed by atoms with E-state index in [9.17, 15) is 4.79 Å². The van der Waals surface area contributed by atoms with Gasteiger partial charge in [0, 0.05) is 49.4 Å². The summed E-state index contributed by atoms with van der Waals surface area (Å²) < 4.78 is 2.16. The number of piperidine rings is 2.